The number of rotatable bonds is 2. The zero-order valence-electron chi connectivity index (χ0n) is 8.06. The molecule has 0 aliphatic carbocycles. The van der Waals surface area contributed by atoms with E-state index < -0.39 is 5.76 Å². The highest BCUT2D eigenvalue weighted by atomic mass is 35.5. The minimum absolute atomic E-state index is 0. The van der Waals surface area contributed by atoms with E-state index in [1.807, 2.05) is 0 Å². The van der Waals surface area contributed by atoms with Crippen molar-refractivity contribution in [1.29, 1.82) is 0 Å². The Morgan fingerprint density at radius 1 is 1.33 bits per heavy atom. The number of piperazine rings is 1. The third-order valence-corrected chi connectivity index (χ3v) is 2.05. The highest BCUT2D eigenvalue weighted by Gasteiger charge is 2.12. The normalized spacial score (nSPS) is 16.5. The molecule has 88 valence electrons. The van der Waals surface area contributed by atoms with Gasteiger partial charge in [0.15, 0.2) is 0 Å². The molecule has 1 saturated heterocycles. The second-order valence-corrected chi connectivity index (χ2v) is 3.03. The van der Waals surface area contributed by atoms with Crippen LogP contribution in [0.25, 0.3) is 0 Å². The van der Waals surface area contributed by atoms with E-state index in [0.29, 0.717) is 12.4 Å². The lowest BCUT2D eigenvalue weighted by atomic mass is 10.3. The molecule has 0 amide bonds. The number of hydrogen-bond acceptors (Lipinski definition) is 5. The molecular weight excluding hydrogens is 243 g/mol. The van der Waals surface area contributed by atoms with Crippen LogP contribution in [-0.4, -0.2) is 41.3 Å². The van der Waals surface area contributed by atoms with Crippen LogP contribution in [0.15, 0.2) is 9.21 Å². The molecule has 0 spiro atoms. The Bertz CT molecular complexity index is 321. The van der Waals surface area contributed by atoms with E-state index >= 15 is 0 Å². The summed E-state index contributed by atoms with van der Waals surface area (Å²) in [5, 5.41) is 9.23. The molecule has 15 heavy (non-hydrogen) atoms. The number of nitrogens with zero attached hydrogens (tertiary/aromatic N) is 2. The number of aromatic amines is 1. The molecule has 0 saturated carbocycles. The van der Waals surface area contributed by atoms with Gasteiger partial charge in [-0.2, -0.15) is 0 Å². The Morgan fingerprint density at radius 2 is 2.00 bits per heavy atom. The maximum absolute atomic E-state index is 10.6. The van der Waals surface area contributed by atoms with Crippen LogP contribution in [0.3, 0.4) is 0 Å². The van der Waals surface area contributed by atoms with Crippen LogP contribution in [0.2, 0.25) is 0 Å². The summed E-state index contributed by atoms with van der Waals surface area (Å²) in [7, 11) is 0. The van der Waals surface area contributed by atoms with Crippen molar-refractivity contribution < 1.29 is 4.42 Å². The zero-order chi connectivity index (χ0) is 9.10. The molecule has 2 rings (SSSR count). The van der Waals surface area contributed by atoms with E-state index in [0.717, 1.165) is 26.2 Å². The van der Waals surface area contributed by atoms with Gasteiger partial charge in [0.2, 0.25) is 5.89 Å². The standard InChI is InChI=1S/C7H12N4O2.2ClH/c12-7-10-9-6(13-7)5-11-3-1-8-2-4-11;;/h8H,1-5H2,(H,10,12);2*1H. The minimum Gasteiger partial charge on any atom is -0.391 e. The lowest BCUT2D eigenvalue weighted by Crippen LogP contribution is -2.42. The molecule has 8 heteroatoms. The molecule has 0 bridgehead atoms. The molecule has 0 atom stereocenters. The van der Waals surface area contributed by atoms with Gasteiger partial charge in [0.1, 0.15) is 0 Å². The maximum atomic E-state index is 10.6. The van der Waals surface area contributed by atoms with Gasteiger partial charge in [-0.05, 0) is 0 Å². The molecule has 2 heterocycles. The first-order valence-electron chi connectivity index (χ1n) is 4.32. The van der Waals surface area contributed by atoms with Gasteiger partial charge in [-0.1, -0.05) is 0 Å². The van der Waals surface area contributed by atoms with Gasteiger partial charge in [0.25, 0.3) is 0 Å². The van der Waals surface area contributed by atoms with E-state index in [1.165, 1.54) is 0 Å². The summed E-state index contributed by atoms with van der Waals surface area (Å²) in [6, 6.07) is 0. The van der Waals surface area contributed by atoms with Gasteiger partial charge < -0.3 is 9.73 Å². The van der Waals surface area contributed by atoms with E-state index in [9.17, 15) is 4.79 Å². The summed E-state index contributed by atoms with van der Waals surface area (Å²) in [6.07, 6.45) is 0. The molecule has 6 nitrogen and oxygen atoms in total. The molecule has 0 aromatic carbocycles. The fraction of sp³-hybridized carbons (Fsp3) is 0.714. The molecule has 0 radical (unpaired) electrons. The number of H-pyrrole nitrogens is 1. The SMILES string of the molecule is Cl.Cl.O=c1[nH]nc(CN2CCNCC2)o1. The quantitative estimate of drug-likeness (QED) is 0.755. The summed E-state index contributed by atoms with van der Waals surface area (Å²) in [4.78, 5) is 12.8. The van der Waals surface area contributed by atoms with Crippen LogP contribution in [-0.2, 0) is 6.54 Å². The van der Waals surface area contributed by atoms with Crippen molar-refractivity contribution in [2.75, 3.05) is 26.2 Å². The van der Waals surface area contributed by atoms with E-state index in [1.54, 1.807) is 0 Å². The lowest BCUT2D eigenvalue weighted by molar-refractivity contribution is 0.211. The van der Waals surface area contributed by atoms with Gasteiger partial charge in [-0.15, -0.1) is 29.9 Å². The van der Waals surface area contributed by atoms with Crippen molar-refractivity contribution in [3.8, 4) is 0 Å². The zero-order valence-corrected chi connectivity index (χ0v) is 9.70. The first kappa shape index (κ1) is 14.4. The van der Waals surface area contributed by atoms with Crippen molar-refractivity contribution in [2.45, 2.75) is 6.54 Å². The maximum Gasteiger partial charge on any atom is 0.434 e. The van der Waals surface area contributed by atoms with Gasteiger partial charge in [-0.3, -0.25) is 4.90 Å². The third kappa shape index (κ3) is 4.21. The van der Waals surface area contributed by atoms with Crippen LogP contribution in [0.5, 0.6) is 0 Å². The third-order valence-electron chi connectivity index (χ3n) is 2.05. The van der Waals surface area contributed by atoms with Crippen molar-refractivity contribution in [2.24, 2.45) is 0 Å². The van der Waals surface area contributed by atoms with E-state index in [-0.39, 0.29) is 24.8 Å². The highest BCUT2D eigenvalue weighted by Crippen LogP contribution is 1.99. The molecule has 1 aromatic heterocycles. The summed E-state index contributed by atoms with van der Waals surface area (Å²) in [6.45, 7) is 4.51. The summed E-state index contributed by atoms with van der Waals surface area (Å²) < 4.78 is 4.80. The van der Waals surface area contributed by atoms with Gasteiger partial charge >= 0.3 is 5.76 Å². The average Bonchev–Trinajstić information content (AvgIpc) is 2.53. The Morgan fingerprint density at radius 3 is 2.53 bits per heavy atom. The van der Waals surface area contributed by atoms with Crippen molar-refractivity contribution in [3.63, 3.8) is 0 Å². The van der Waals surface area contributed by atoms with Crippen LogP contribution in [0, 0.1) is 0 Å². The number of hydrogen-bond donors (Lipinski definition) is 2. The van der Waals surface area contributed by atoms with E-state index in [4.69, 9.17) is 4.42 Å². The van der Waals surface area contributed by atoms with Gasteiger partial charge in [0.05, 0.1) is 6.54 Å². The first-order valence-corrected chi connectivity index (χ1v) is 4.32. The number of nitrogens with one attached hydrogen (secondary N) is 2. The van der Waals surface area contributed by atoms with Gasteiger partial charge in [-0.25, -0.2) is 9.89 Å². The summed E-state index contributed by atoms with van der Waals surface area (Å²) in [5.41, 5.74) is 0. The average molecular weight is 257 g/mol. The molecular formula is C7H14Cl2N4O2. The van der Waals surface area contributed by atoms with Crippen LogP contribution in [0.4, 0.5) is 0 Å². The highest BCUT2D eigenvalue weighted by molar-refractivity contribution is 5.85. The Labute approximate surface area is 99.2 Å². The summed E-state index contributed by atoms with van der Waals surface area (Å²) >= 11 is 0. The van der Waals surface area contributed by atoms with Gasteiger partial charge in [0, 0.05) is 26.2 Å². The Hall–Kier alpha value is -0.560. The fourth-order valence-electron chi connectivity index (χ4n) is 1.39. The fourth-order valence-corrected chi connectivity index (χ4v) is 1.39. The number of halogens is 2. The van der Waals surface area contributed by atoms with Crippen molar-refractivity contribution in [3.05, 3.63) is 16.4 Å². The second-order valence-electron chi connectivity index (χ2n) is 3.03. The minimum atomic E-state index is -0.481. The second kappa shape index (κ2) is 6.84. The van der Waals surface area contributed by atoms with Crippen LogP contribution < -0.4 is 11.1 Å². The molecule has 2 N–H and O–H groups in total. The van der Waals surface area contributed by atoms with Crippen LogP contribution in [0.1, 0.15) is 5.89 Å². The Balaban J connectivity index is 0.000000980. The molecule has 1 aromatic rings. The smallest absolute Gasteiger partial charge is 0.391 e. The molecule has 0 unspecified atom stereocenters. The predicted molar refractivity (Wildman–Crippen MR) is 59.8 cm³/mol. The van der Waals surface area contributed by atoms with E-state index in [2.05, 4.69) is 20.4 Å². The molecule has 1 aliphatic rings. The monoisotopic (exact) mass is 256 g/mol. The largest absolute Gasteiger partial charge is 0.434 e. The van der Waals surface area contributed by atoms with Crippen molar-refractivity contribution in [1.82, 2.24) is 20.4 Å². The number of aromatic nitrogens is 2. The lowest BCUT2D eigenvalue weighted by Gasteiger charge is -2.25. The predicted octanol–water partition coefficient (Wildman–Crippen LogP) is -0.388. The first-order chi connectivity index (χ1) is 6.34. The van der Waals surface area contributed by atoms with Crippen molar-refractivity contribution >= 4 is 24.8 Å². The Kier molecular flexibility index (Phi) is 6.58. The topological polar surface area (TPSA) is 74.2 Å². The summed E-state index contributed by atoms with van der Waals surface area (Å²) in [5.74, 6) is -0.0166. The molecule has 1 aliphatic heterocycles. The van der Waals surface area contributed by atoms with Crippen LogP contribution >= 0.6 is 24.8 Å². The molecule has 1 fully saturated rings.